The molecule has 0 aromatic rings. The lowest BCUT2D eigenvalue weighted by atomic mass is 9.84. The highest BCUT2D eigenvalue weighted by Gasteiger charge is 2.23. The number of rotatable bonds is 4. The number of carbonyl (C=O) groups excluding carboxylic acids is 1. The minimum absolute atomic E-state index is 0.0589. The fourth-order valence-electron chi connectivity index (χ4n) is 2.10. The highest BCUT2D eigenvalue weighted by Crippen LogP contribution is 2.29. The Labute approximate surface area is 89.6 Å². The molecule has 15 heavy (non-hydrogen) atoms. The van der Waals surface area contributed by atoms with E-state index in [1.54, 1.807) is 0 Å². The summed E-state index contributed by atoms with van der Waals surface area (Å²) in [6.07, 6.45) is 4.78. The zero-order chi connectivity index (χ0) is 11.3. The number of carboxylic acid groups (broad SMARTS) is 1. The van der Waals surface area contributed by atoms with E-state index in [4.69, 9.17) is 9.84 Å². The van der Waals surface area contributed by atoms with Gasteiger partial charge < -0.3 is 9.84 Å². The quantitative estimate of drug-likeness (QED) is 0.727. The first kappa shape index (κ1) is 12.0. The van der Waals surface area contributed by atoms with Crippen LogP contribution in [0.5, 0.6) is 0 Å². The summed E-state index contributed by atoms with van der Waals surface area (Å²) in [4.78, 5) is 21.1. The highest BCUT2D eigenvalue weighted by molar-refractivity contribution is 5.66. The lowest BCUT2D eigenvalue weighted by Crippen LogP contribution is -2.23. The standard InChI is InChI=1S/C11H18O4/c1-8(12)15-10-5-2-9(3-6-10)4-7-11(13)14/h9-10H,2-7H2,1H3,(H,13,14). The molecule has 4 nitrogen and oxygen atoms in total. The van der Waals surface area contributed by atoms with Crippen LogP contribution in [-0.2, 0) is 14.3 Å². The highest BCUT2D eigenvalue weighted by atomic mass is 16.5. The van der Waals surface area contributed by atoms with Gasteiger partial charge in [0, 0.05) is 13.3 Å². The van der Waals surface area contributed by atoms with E-state index in [0.717, 1.165) is 32.1 Å². The maximum atomic E-state index is 10.7. The van der Waals surface area contributed by atoms with Gasteiger partial charge in [0.25, 0.3) is 0 Å². The van der Waals surface area contributed by atoms with Gasteiger partial charge in [-0.3, -0.25) is 9.59 Å². The first-order valence-corrected chi connectivity index (χ1v) is 5.47. The van der Waals surface area contributed by atoms with Crippen molar-refractivity contribution in [1.82, 2.24) is 0 Å². The van der Waals surface area contributed by atoms with Crippen molar-refractivity contribution in [3.63, 3.8) is 0 Å². The molecule has 86 valence electrons. The monoisotopic (exact) mass is 214 g/mol. The van der Waals surface area contributed by atoms with Crippen LogP contribution in [0.4, 0.5) is 0 Å². The van der Waals surface area contributed by atoms with E-state index in [9.17, 15) is 9.59 Å². The molecule has 0 saturated heterocycles. The van der Waals surface area contributed by atoms with Crippen LogP contribution in [0.2, 0.25) is 0 Å². The molecule has 1 aliphatic carbocycles. The van der Waals surface area contributed by atoms with E-state index in [1.165, 1.54) is 6.92 Å². The summed E-state index contributed by atoms with van der Waals surface area (Å²) in [5.74, 6) is -0.450. The molecule has 1 N–H and O–H groups in total. The molecular formula is C11H18O4. The molecule has 0 aromatic carbocycles. The van der Waals surface area contributed by atoms with Crippen molar-refractivity contribution in [2.75, 3.05) is 0 Å². The summed E-state index contributed by atoms with van der Waals surface area (Å²) in [6, 6.07) is 0. The minimum atomic E-state index is -0.725. The zero-order valence-electron chi connectivity index (χ0n) is 9.07. The van der Waals surface area contributed by atoms with Crippen LogP contribution in [-0.4, -0.2) is 23.1 Å². The Hall–Kier alpha value is -1.06. The van der Waals surface area contributed by atoms with Crippen molar-refractivity contribution in [1.29, 1.82) is 0 Å². The molecule has 1 saturated carbocycles. The van der Waals surface area contributed by atoms with E-state index >= 15 is 0 Å². The second kappa shape index (κ2) is 5.73. The third-order valence-electron chi connectivity index (χ3n) is 2.89. The zero-order valence-corrected chi connectivity index (χ0v) is 9.07. The topological polar surface area (TPSA) is 63.6 Å². The number of hydrogen-bond acceptors (Lipinski definition) is 3. The molecule has 0 atom stereocenters. The number of aliphatic carboxylic acids is 1. The summed E-state index contributed by atoms with van der Waals surface area (Å²) >= 11 is 0. The SMILES string of the molecule is CC(=O)OC1CCC(CCC(=O)O)CC1. The smallest absolute Gasteiger partial charge is 0.303 e. The van der Waals surface area contributed by atoms with Crippen molar-refractivity contribution >= 4 is 11.9 Å². The van der Waals surface area contributed by atoms with Gasteiger partial charge in [-0.1, -0.05) is 0 Å². The van der Waals surface area contributed by atoms with Crippen LogP contribution in [0.15, 0.2) is 0 Å². The van der Waals surface area contributed by atoms with Crippen molar-refractivity contribution < 1.29 is 19.4 Å². The van der Waals surface area contributed by atoms with E-state index in [0.29, 0.717) is 5.92 Å². The summed E-state index contributed by atoms with van der Waals surface area (Å²) in [5, 5.41) is 8.55. The first-order valence-electron chi connectivity index (χ1n) is 5.47. The van der Waals surface area contributed by atoms with Gasteiger partial charge in [-0.2, -0.15) is 0 Å². The van der Waals surface area contributed by atoms with E-state index in [2.05, 4.69) is 0 Å². The Balaban J connectivity index is 2.18. The predicted molar refractivity (Wildman–Crippen MR) is 54.4 cm³/mol. The van der Waals surface area contributed by atoms with Crippen LogP contribution < -0.4 is 0 Å². The van der Waals surface area contributed by atoms with Gasteiger partial charge in [-0.05, 0) is 38.0 Å². The van der Waals surface area contributed by atoms with Crippen LogP contribution in [0.3, 0.4) is 0 Å². The maximum absolute atomic E-state index is 10.7. The molecule has 1 fully saturated rings. The van der Waals surface area contributed by atoms with Gasteiger partial charge in [0.05, 0.1) is 0 Å². The van der Waals surface area contributed by atoms with Gasteiger partial charge in [0.2, 0.25) is 0 Å². The molecule has 0 unspecified atom stereocenters. The fourth-order valence-corrected chi connectivity index (χ4v) is 2.10. The van der Waals surface area contributed by atoms with Gasteiger partial charge in [-0.25, -0.2) is 0 Å². The van der Waals surface area contributed by atoms with Crippen LogP contribution in [0.25, 0.3) is 0 Å². The Kier molecular flexibility index (Phi) is 4.59. The van der Waals surface area contributed by atoms with Gasteiger partial charge in [0.1, 0.15) is 6.10 Å². The van der Waals surface area contributed by atoms with Crippen molar-refractivity contribution in [3.05, 3.63) is 0 Å². The average Bonchev–Trinajstić information content (AvgIpc) is 2.16. The number of carbonyl (C=O) groups is 2. The van der Waals surface area contributed by atoms with Crippen LogP contribution in [0, 0.1) is 5.92 Å². The summed E-state index contributed by atoms with van der Waals surface area (Å²) in [7, 11) is 0. The molecule has 0 spiro atoms. The van der Waals surface area contributed by atoms with Crippen LogP contribution in [0.1, 0.15) is 45.4 Å². The predicted octanol–water partition coefficient (Wildman–Crippen LogP) is 1.97. The van der Waals surface area contributed by atoms with Crippen molar-refractivity contribution in [2.45, 2.75) is 51.6 Å². The lowest BCUT2D eigenvalue weighted by molar-refractivity contribution is -0.148. The second-order valence-electron chi connectivity index (χ2n) is 4.18. The molecule has 1 aliphatic rings. The number of ether oxygens (including phenoxy) is 1. The average molecular weight is 214 g/mol. The molecule has 0 amide bonds. The fraction of sp³-hybridized carbons (Fsp3) is 0.818. The van der Waals surface area contributed by atoms with E-state index < -0.39 is 5.97 Å². The first-order chi connectivity index (χ1) is 7.08. The molecule has 0 aliphatic heterocycles. The van der Waals surface area contributed by atoms with E-state index in [-0.39, 0.29) is 18.5 Å². The summed E-state index contributed by atoms with van der Waals surface area (Å²) < 4.78 is 5.11. The Morgan fingerprint density at radius 1 is 1.27 bits per heavy atom. The van der Waals surface area contributed by atoms with Gasteiger partial charge in [-0.15, -0.1) is 0 Å². The van der Waals surface area contributed by atoms with Gasteiger partial charge in [0.15, 0.2) is 0 Å². The Morgan fingerprint density at radius 3 is 2.33 bits per heavy atom. The Morgan fingerprint density at radius 2 is 1.87 bits per heavy atom. The molecule has 1 rings (SSSR count). The molecule has 0 aromatic heterocycles. The van der Waals surface area contributed by atoms with E-state index in [1.807, 2.05) is 0 Å². The second-order valence-corrected chi connectivity index (χ2v) is 4.18. The largest absolute Gasteiger partial charge is 0.481 e. The molecule has 4 heteroatoms. The maximum Gasteiger partial charge on any atom is 0.303 e. The molecule has 0 heterocycles. The Bertz CT molecular complexity index is 229. The van der Waals surface area contributed by atoms with Gasteiger partial charge >= 0.3 is 11.9 Å². The molecule has 0 radical (unpaired) electrons. The van der Waals surface area contributed by atoms with Crippen molar-refractivity contribution in [3.8, 4) is 0 Å². The van der Waals surface area contributed by atoms with Crippen LogP contribution >= 0.6 is 0 Å². The number of esters is 1. The summed E-state index contributed by atoms with van der Waals surface area (Å²) in [5.41, 5.74) is 0. The van der Waals surface area contributed by atoms with Crippen molar-refractivity contribution in [2.24, 2.45) is 5.92 Å². The number of carboxylic acids is 1. The lowest BCUT2D eigenvalue weighted by Gasteiger charge is -2.27. The third kappa shape index (κ3) is 4.81. The third-order valence-corrected chi connectivity index (χ3v) is 2.89. The normalized spacial score (nSPS) is 25.9. The summed E-state index contributed by atoms with van der Waals surface area (Å²) in [6.45, 7) is 1.43. The molecule has 0 bridgehead atoms. The molecular weight excluding hydrogens is 196 g/mol. The number of hydrogen-bond donors (Lipinski definition) is 1. The minimum Gasteiger partial charge on any atom is -0.481 e.